The minimum absolute atomic E-state index is 0.223. The summed E-state index contributed by atoms with van der Waals surface area (Å²) in [5.41, 5.74) is 0.764. The van der Waals surface area contributed by atoms with Crippen LogP contribution in [-0.4, -0.2) is 19.7 Å². The lowest BCUT2D eigenvalue weighted by atomic mass is 10.4. The molecule has 6 nitrogen and oxygen atoms in total. The maximum atomic E-state index is 11.3. The van der Waals surface area contributed by atoms with E-state index in [1.165, 1.54) is 12.4 Å². The molecular formula is C9H11N5O. The zero-order chi connectivity index (χ0) is 10.7. The molecule has 0 bridgehead atoms. The normalized spacial score (nSPS) is 10.2. The van der Waals surface area contributed by atoms with Crippen LogP contribution in [0.1, 0.15) is 5.69 Å². The molecule has 0 unspecified atom stereocenters. The summed E-state index contributed by atoms with van der Waals surface area (Å²) in [5.74, 6) is 0.318. The van der Waals surface area contributed by atoms with Crippen molar-refractivity contribution in [2.45, 2.75) is 6.54 Å². The molecular weight excluding hydrogens is 194 g/mol. The van der Waals surface area contributed by atoms with E-state index in [0.29, 0.717) is 12.4 Å². The van der Waals surface area contributed by atoms with E-state index in [9.17, 15) is 4.79 Å². The third-order valence-corrected chi connectivity index (χ3v) is 2.07. The Kier molecular flexibility index (Phi) is 2.49. The Hall–Kier alpha value is -2.11. The van der Waals surface area contributed by atoms with Gasteiger partial charge in [-0.1, -0.05) is 0 Å². The molecule has 0 aliphatic carbocycles. The molecule has 0 aromatic carbocycles. The molecule has 0 fully saturated rings. The van der Waals surface area contributed by atoms with Crippen molar-refractivity contribution in [3.63, 3.8) is 0 Å². The monoisotopic (exact) mass is 205 g/mol. The van der Waals surface area contributed by atoms with E-state index in [2.05, 4.69) is 20.4 Å². The number of aromatic amines is 1. The molecule has 0 saturated carbocycles. The quantitative estimate of drug-likeness (QED) is 0.746. The molecule has 6 heteroatoms. The van der Waals surface area contributed by atoms with Gasteiger partial charge in [0.05, 0.1) is 12.2 Å². The van der Waals surface area contributed by atoms with Crippen molar-refractivity contribution in [2.75, 3.05) is 5.32 Å². The fraction of sp³-hybridized carbons (Fsp3) is 0.222. The van der Waals surface area contributed by atoms with Gasteiger partial charge in [0.15, 0.2) is 5.82 Å². The molecule has 2 aromatic heterocycles. The van der Waals surface area contributed by atoms with E-state index in [4.69, 9.17) is 0 Å². The Bertz CT molecular complexity index is 501. The first-order valence-corrected chi connectivity index (χ1v) is 4.52. The lowest BCUT2D eigenvalue weighted by Gasteiger charge is -2.03. The number of hydrogen-bond acceptors (Lipinski definition) is 4. The summed E-state index contributed by atoms with van der Waals surface area (Å²) in [4.78, 5) is 17.7. The predicted octanol–water partition coefficient (Wildman–Crippen LogP) is 0.116. The van der Waals surface area contributed by atoms with Crippen molar-refractivity contribution in [1.29, 1.82) is 0 Å². The summed E-state index contributed by atoms with van der Waals surface area (Å²) < 4.78 is 1.74. The first-order valence-electron chi connectivity index (χ1n) is 4.52. The molecule has 2 aromatic rings. The third kappa shape index (κ3) is 2.04. The van der Waals surface area contributed by atoms with E-state index in [1.807, 2.05) is 13.1 Å². The molecule has 0 aliphatic heterocycles. The van der Waals surface area contributed by atoms with E-state index in [1.54, 1.807) is 10.9 Å². The van der Waals surface area contributed by atoms with Gasteiger partial charge in [-0.15, -0.1) is 0 Å². The lowest BCUT2D eigenvalue weighted by Crippen LogP contribution is -2.16. The Morgan fingerprint density at radius 3 is 3.07 bits per heavy atom. The van der Waals surface area contributed by atoms with Crippen LogP contribution in [0.25, 0.3) is 0 Å². The SMILES string of the molecule is Cn1nccc1CNc1ncc[nH]c1=O. The summed E-state index contributed by atoms with van der Waals surface area (Å²) in [6.45, 7) is 0.524. The largest absolute Gasteiger partial charge is 0.360 e. The maximum absolute atomic E-state index is 11.3. The first kappa shape index (κ1) is 9.45. The number of nitrogens with one attached hydrogen (secondary N) is 2. The van der Waals surface area contributed by atoms with Gasteiger partial charge in [0, 0.05) is 25.6 Å². The molecule has 15 heavy (non-hydrogen) atoms. The van der Waals surface area contributed by atoms with Crippen molar-refractivity contribution in [1.82, 2.24) is 19.7 Å². The molecule has 0 atom stereocenters. The molecule has 2 N–H and O–H groups in total. The summed E-state index contributed by atoms with van der Waals surface area (Å²) in [6.07, 6.45) is 4.74. The van der Waals surface area contributed by atoms with Gasteiger partial charge in [-0.25, -0.2) is 4.98 Å². The van der Waals surface area contributed by atoms with Gasteiger partial charge in [-0.2, -0.15) is 5.10 Å². The molecule has 2 heterocycles. The Balaban J connectivity index is 2.09. The number of nitrogens with zero attached hydrogens (tertiary/aromatic N) is 3. The van der Waals surface area contributed by atoms with Crippen LogP contribution in [0.4, 0.5) is 5.82 Å². The highest BCUT2D eigenvalue weighted by molar-refractivity contribution is 5.30. The standard InChI is InChI=1S/C9H11N5O/c1-14-7(2-3-13-14)6-12-8-9(15)11-5-4-10-8/h2-5H,6H2,1H3,(H,10,12)(H,11,15). The summed E-state index contributed by atoms with van der Waals surface area (Å²) in [7, 11) is 1.85. The van der Waals surface area contributed by atoms with Crippen molar-refractivity contribution >= 4 is 5.82 Å². The Morgan fingerprint density at radius 2 is 2.40 bits per heavy atom. The highest BCUT2D eigenvalue weighted by Crippen LogP contribution is 1.99. The average Bonchev–Trinajstić information content (AvgIpc) is 2.63. The number of anilines is 1. The lowest BCUT2D eigenvalue weighted by molar-refractivity contribution is 0.719. The van der Waals surface area contributed by atoms with Gasteiger partial charge in [0.2, 0.25) is 0 Å². The van der Waals surface area contributed by atoms with Crippen LogP contribution in [-0.2, 0) is 13.6 Å². The second kappa shape index (κ2) is 3.95. The summed E-state index contributed by atoms with van der Waals surface area (Å²) in [5, 5.41) is 6.96. The van der Waals surface area contributed by atoms with Gasteiger partial charge in [0.1, 0.15) is 0 Å². The smallest absolute Gasteiger partial charge is 0.290 e. The highest BCUT2D eigenvalue weighted by atomic mass is 16.1. The van der Waals surface area contributed by atoms with Crippen molar-refractivity contribution < 1.29 is 0 Å². The number of aromatic nitrogens is 4. The Labute approximate surface area is 86.0 Å². The molecule has 0 amide bonds. The van der Waals surface area contributed by atoms with Crippen LogP contribution < -0.4 is 10.9 Å². The third-order valence-electron chi connectivity index (χ3n) is 2.07. The van der Waals surface area contributed by atoms with Crippen LogP contribution in [0.5, 0.6) is 0 Å². The minimum Gasteiger partial charge on any atom is -0.360 e. The van der Waals surface area contributed by atoms with Gasteiger partial charge in [0.25, 0.3) is 5.56 Å². The van der Waals surface area contributed by atoms with Crippen molar-refractivity contribution in [3.05, 3.63) is 40.7 Å². The van der Waals surface area contributed by atoms with Gasteiger partial charge >= 0.3 is 0 Å². The maximum Gasteiger partial charge on any atom is 0.290 e. The zero-order valence-corrected chi connectivity index (χ0v) is 8.27. The first-order chi connectivity index (χ1) is 7.27. The van der Waals surface area contributed by atoms with Crippen LogP contribution in [0.15, 0.2) is 29.5 Å². The molecule has 0 radical (unpaired) electrons. The minimum atomic E-state index is -0.223. The van der Waals surface area contributed by atoms with Crippen LogP contribution >= 0.6 is 0 Å². The fourth-order valence-electron chi connectivity index (χ4n) is 1.23. The molecule has 0 aliphatic rings. The number of rotatable bonds is 3. The van der Waals surface area contributed by atoms with Crippen molar-refractivity contribution in [2.24, 2.45) is 7.05 Å². The predicted molar refractivity (Wildman–Crippen MR) is 55.4 cm³/mol. The van der Waals surface area contributed by atoms with Crippen molar-refractivity contribution in [3.8, 4) is 0 Å². The van der Waals surface area contributed by atoms with Gasteiger partial charge < -0.3 is 10.3 Å². The number of H-pyrrole nitrogens is 1. The van der Waals surface area contributed by atoms with E-state index >= 15 is 0 Å². The number of hydrogen-bond donors (Lipinski definition) is 2. The number of aryl methyl sites for hydroxylation is 1. The fourth-order valence-corrected chi connectivity index (χ4v) is 1.23. The topological polar surface area (TPSA) is 75.6 Å². The summed E-state index contributed by atoms with van der Waals surface area (Å²) in [6, 6.07) is 1.88. The zero-order valence-electron chi connectivity index (χ0n) is 8.27. The van der Waals surface area contributed by atoms with Crippen LogP contribution in [0.2, 0.25) is 0 Å². The van der Waals surface area contributed by atoms with Crippen LogP contribution in [0, 0.1) is 0 Å². The Morgan fingerprint density at radius 1 is 1.53 bits per heavy atom. The van der Waals surface area contributed by atoms with E-state index in [0.717, 1.165) is 5.69 Å². The molecule has 2 rings (SSSR count). The molecule has 78 valence electrons. The summed E-state index contributed by atoms with van der Waals surface area (Å²) >= 11 is 0. The van der Waals surface area contributed by atoms with Gasteiger partial charge in [-0.3, -0.25) is 9.48 Å². The highest BCUT2D eigenvalue weighted by Gasteiger charge is 2.01. The molecule has 0 saturated heterocycles. The van der Waals surface area contributed by atoms with Gasteiger partial charge in [-0.05, 0) is 6.07 Å². The van der Waals surface area contributed by atoms with E-state index in [-0.39, 0.29) is 5.56 Å². The van der Waals surface area contributed by atoms with Crippen LogP contribution in [0.3, 0.4) is 0 Å². The average molecular weight is 205 g/mol. The second-order valence-electron chi connectivity index (χ2n) is 3.07. The van der Waals surface area contributed by atoms with E-state index < -0.39 is 0 Å². The second-order valence-corrected chi connectivity index (χ2v) is 3.07. The molecule has 0 spiro atoms.